The molecule has 0 saturated heterocycles. The average Bonchev–Trinajstić information content (AvgIpc) is 3.07. The Kier molecular flexibility index (Phi) is 6.45. The Bertz CT molecular complexity index is 1090. The summed E-state index contributed by atoms with van der Waals surface area (Å²) >= 11 is 5.93. The second-order valence-electron chi connectivity index (χ2n) is 6.02. The second kappa shape index (κ2) is 9.01. The Morgan fingerprint density at radius 1 is 1.14 bits per heavy atom. The maximum absolute atomic E-state index is 11.9. The SMILES string of the molecule is O=C(CCNS(=O)(=O)/C=C/c1ccccc1)NCc1cn2cc(Cl)ccc2n1. The number of hydrogen-bond donors (Lipinski definition) is 2. The van der Waals surface area contributed by atoms with Gasteiger partial charge in [0.1, 0.15) is 5.65 Å². The van der Waals surface area contributed by atoms with Gasteiger partial charge < -0.3 is 9.72 Å². The number of carbonyl (C=O) groups is 1. The fourth-order valence-electron chi connectivity index (χ4n) is 2.47. The van der Waals surface area contributed by atoms with Crippen molar-refractivity contribution in [1.82, 2.24) is 19.4 Å². The van der Waals surface area contributed by atoms with E-state index < -0.39 is 10.0 Å². The Hall–Kier alpha value is -2.68. The molecular weight excluding hydrogens is 400 g/mol. The van der Waals surface area contributed by atoms with Gasteiger partial charge in [0, 0.05) is 30.8 Å². The molecule has 1 aromatic carbocycles. The van der Waals surface area contributed by atoms with E-state index in [2.05, 4.69) is 15.0 Å². The predicted octanol–water partition coefficient (Wildman–Crippen LogP) is 2.58. The van der Waals surface area contributed by atoms with Gasteiger partial charge in [-0.1, -0.05) is 41.9 Å². The lowest BCUT2D eigenvalue weighted by Crippen LogP contribution is -2.29. The smallest absolute Gasteiger partial charge is 0.233 e. The molecule has 3 rings (SSSR count). The number of carbonyl (C=O) groups excluding carboxylic acids is 1. The van der Waals surface area contributed by atoms with Crippen LogP contribution in [-0.2, 0) is 21.4 Å². The second-order valence-corrected chi connectivity index (χ2v) is 8.11. The molecule has 0 bridgehead atoms. The lowest BCUT2D eigenvalue weighted by molar-refractivity contribution is -0.121. The minimum Gasteiger partial charge on any atom is -0.350 e. The molecule has 2 heterocycles. The van der Waals surface area contributed by atoms with Gasteiger partial charge in [0.25, 0.3) is 0 Å². The van der Waals surface area contributed by atoms with Crippen molar-refractivity contribution in [2.75, 3.05) is 6.54 Å². The fourth-order valence-corrected chi connectivity index (χ4v) is 3.45. The van der Waals surface area contributed by atoms with Gasteiger partial charge >= 0.3 is 0 Å². The first kappa shape index (κ1) is 20.1. The number of hydrogen-bond acceptors (Lipinski definition) is 4. The number of amides is 1. The van der Waals surface area contributed by atoms with Crippen molar-refractivity contribution in [2.45, 2.75) is 13.0 Å². The highest BCUT2D eigenvalue weighted by atomic mass is 35.5. The van der Waals surface area contributed by atoms with Crippen molar-refractivity contribution in [3.63, 3.8) is 0 Å². The quantitative estimate of drug-likeness (QED) is 0.588. The molecule has 0 atom stereocenters. The molecule has 2 aromatic heterocycles. The van der Waals surface area contributed by atoms with E-state index in [1.807, 2.05) is 18.2 Å². The minimum atomic E-state index is -3.60. The van der Waals surface area contributed by atoms with E-state index in [9.17, 15) is 13.2 Å². The van der Waals surface area contributed by atoms with Crippen LogP contribution < -0.4 is 10.0 Å². The third-order valence-corrected chi connectivity index (χ3v) is 5.15. The maximum Gasteiger partial charge on any atom is 0.233 e. The number of imidazole rings is 1. The average molecular weight is 419 g/mol. The van der Waals surface area contributed by atoms with Crippen LogP contribution in [0.15, 0.2) is 60.3 Å². The molecular formula is C19H19ClN4O3S. The molecule has 1 amide bonds. The first-order chi connectivity index (χ1) is 13.4. The van der Waals surface area contributed by atoms with Gasteiger partial charge in [-0.25, -0.2) is 18.1 Å². The Morgan fingerprint density at radius 2 is 1.93 bits per heavy atom. The highest BCUT2D eigenvalue weighted by molar-refractivity contribution is 7.92. The summed E-state index contributed by atoms with van der Waals surface area (Å²) in [6.07, 6.45) is 5.03. The van der Waals surface area contributed by atoms with Crippen LogP contribution in [-0.4, -0.2) is 30.3 Å². The van der Waals surface area contributed by atoms with Crippen LogP contribution in [0.25, 0.3) is 11.7 Å². The monoisotopic (exact) mass is 418 g/mol. The zero-order chi connectivity index (χ0) is 20.0. The highest BCUT2D eigenvalue weighted by Gasteiger charge is 2.08. The van der Waals surface area contributed by atoms with Gasteiger partial charge in [0.2, 0.25) is 15.9 Å². The van der Waals surface area contributed by atoms with Crippen molar-refractivity contribution in [3.05, 3.63) is 76.5 Å². The molecule has 2 N–H and O–H groups in total. The van der Waals surface area contributed by atoms with Gasteiger partial charge in [-0.15, -0.1) is 0 Å². The van der Waals surface area contributed by atoms with Crippen molar-refractivity contribution < 1.29 is 13.2 Å². The summed E-state index contributed by atoms with van der Waals surface area (Å²) in [6, 6.07) is 12.6. The molecule has 0 unspecified atom stereocenters. The topological polar surface area (TPSA) is 92.6 Å². The van der Waals surface area contributed by atoms with E-state index >= 15 is 0 Å². The highest BCUT2D eigenvalue weighted by Crippen LogP contribution is 2.11. The van der Waals surface area contributed by atoms with Gasteiger partial charge in [0.05, 0.1) is 17.3 Å². The largest absolute Gasteiger partial charge is 0.350 e. The predicted molar refractivity (Wildman–Crippen MR) is 109 cm³/mol. The number of nitrogens with one attached hydrogen (secondary N) is 2. The number of nitrogens with zero attached hydrogens (tertiary/aromatic N) is 2. The fraction of sp³-hybridized carbons (Fsp3) is 0.158. The first-order valence-corrected chi connectivity index (χ1v) is 10.5. The van der Waals surface area contributed by atoms with Crippen molar-refractivity contribution in [2.24, 2.45) is 0 Å². The number of pyridine rings is 1. The van der Waals surface area contributed by atoms with Crippen molar-refractivity contribution in [1.29, 1.82) is 0 Å². The molecule has 0 fully saturated rings. The van der Waals surface area contributed by atoms with Crippen molar-refractivity contribution in [3.8, 4) is 0 Å². The van der Waals surface area contributed by atoms with Crippen LogP contribution in [0, 0.1) is 0 Å². The number of sulfonamides is 1. The Morgan fingerprint density at radius 3 is 2.71 bits per heavy atom. The summed E-state index contributed by atoms with van der Waals surface area (Å²) in [5.74, 6) is -0.273. The van der Waals surface area contributed by atoms with Gasteiger partial charge in [-0.3, -0.25) is 4.79 Å². The molecule has 28 heavy (non-hydrogen) atoms. The van der Waals surface area contributed by atoms with Crippen LogP contribution in [0.3, 0.4) is 0 Å². The number of benzene rings is 1. The Balaban J connectivity index is 1.44. The molecule has 0 aliphatic heterocycles. The standard InChI is InChI=1S/C19H19ClN4O3S/c20-16-6-7-18-23-17(14-24(18)13-16)12-21-19(25)8-10-22-28(26,27)11-9-15-4-2-1-3-5-15/h1-7,9,11,13-14,22H,8,10,12H2,(H,21,25)/b11-9+. The third-order valence-electron chi connectivity index (χ3n) is 3.83. The normalized spacial score (nSPS) is 11.9. The number of fused-ring (bicyclic) bond motifs is 1. The van der Waals surface area contributed by atoms with E-state index in [1.54, 1.807) is 41.1 Å². The van der Waals surface area contributed by atoms with E-state index in [4.69, 9.17) is 11.6 Å². The summed E-state index contributed by atoms with van der Waals surface area (Å²) in [4.78, 5) is 16.3. The van der Waals surface area contributed by atoms with E-state index in [-0.39, 0.29) is 25.4 Å². The molecule has 0 saturated carbocycles. The van der Waals surface area contributed by atoms with Gasteiger partial charge in [-0.05, 0) is 23.8 Å². The summed E-state index contributed by atoms with van der Waals surface area (Å²) < 4.78 is 28.0. The number of halogens is 1. The van der Waals surface area contributed by atoms with E-state index in [1.165, 1.54) is 6.08 Å². The molecule has 0 aliphatic carbocycles. The van der Waals surface area contributed by atoms with Gasteiger partial charge in [0.15, 0.2) is 0 Å². The molecule has 3 aromatic rings. The number of rotatable bonds is 8. The summed E-state index contributed by atoms with van der Waals surface area (Å²) in [5.41, 5.74) is 2.19. The number of aromatic nitrogens is 2. The molecule has 0 aliphatic rings. The Labute approximate surface area is 168 Å². The van der Waals surface area contributed by atoms with Crippen LogP contribution in [0.1, 0.15) is 17.7 Å². The van der Waals surface area contributed by atoms with E-state index in [0.717, 1.165) is 16.6 Å². The molecule has 9 heteroatoms. The molecule has 0 radical (unpaired) electrons. The summed E-state index contributed by atoms with van der Waals surface area (Å²) in [7, 11) is -3.60. The van der Waals surface area contributed by atoms with Crippen LogP contribution in [0.2, 0.25) is 5.02 Å². The van der Waals surface area contributed by atoms with Crippen LogP contribution >= 0.6 is 11.6 Å². The first-order valence-electron chi connectivity index (χ1n) is 8.54. The lowest BCUT2D eigenvalue weighted by atomic mass is 10.2. The van der Waals surface area contributed by atoms with Crippen LogP contribution in [0.4, 0.5) is 0 Å². The van der Waals surface area contributed by atoms with E-state index in [0.29, 0.717) is 10.7 Å². The maximum atomic E-state index is 11.9. The lowest BCUT2D eigenvalue weighted by Gasteiger charge is -2.04. The molecule has 7 nitrogen and oxygen atoms in total. The summed E-state index contributed by atoms with van der Waals surface area (Å²) in [6.45, 7) is 0.257. The zero-order valence-electron chi connectivity index (χ0n) is 14.9. The van der Waals surface area contributed by atoms with Gasteiger partial charge in [-0.2, -0.15) is 0 Å². The van der Waals surface area contributed by atoms with Crippen LogP contribution in [0.5, 0.6) is 0 Å². The molecule has 0 spiro atoms. The third kappa shape index (κ3) is 5.91. The molecule has 146 valence electrons. The van der Waals surface area contributed by atoms with Crippen molar-refractivity contribution >= 4 is 39.3 Å². The zero-order valence-corrected chi connectivity index (χ0v) is 16.4. The summed E-state index contributed by atoms with van der Waals surface area (Å²) in [5, 5.41) is 4.40. The minimum absolute atomic E-state index is 0.00801.